The number of piperidine rings is 1. The van der Waals surface area contributed by atoms with Crippen molar-refractivity contribution in [1.29, 1.82) is 0 Å². The fraction of sp³-hybridized carbons (Fsp3) is 0.350. The Hall–Kier alpha value is -2.47. The van der Waals surface area contributed by atoms with Gasteiger partial charge in [-0.05, 0) is 56.3 Å². The molecule has 2 heterocycles. The van der Waals surface area contributed by atoms with Crippen LogP contribution in [0, 0.1) is 17.0 Å². The maximum atomic E-state index is 14.2. The predicted molar refractivity (Wildman–Crippen MR) is 96.7 cm³/mol. The molecule has 1 aromatic heterocycles. The number of hydrogen-bond acceptors (Lipinski definition) is 3. The molecule has 1 fully saturated rings. The van der Waals surface area contributed by atoms with Crippen LogP contribution in [-0.2, 0) is 0 Å². The second-order valence-corrected chi connectivity index (χ2v) is 7.18. The Bertz CT molecular complexity index is 932. The third-order valence-corrected chi connectivity index (χ3v) is 5.06. The average Bonchev–Trinajstić information content (AvgIpc) is 2.99. The summed E-state index contributed by atoms with van der Waals surface area (Å²) in [5.74, 6) is -0.427. The van der Waals surface area contributed by atoms with Gasteiger partial charge in [0.15, 0.2) is 0 Å². The third kappa shape index (κ3) is 3.17. The quantitative estimate of drug-likeness (QED) is 0.765. The summed E-state index contributed by atoms with van der Waals surface area (Å²) in [5.41, 5.74) is 0.973. The van der Waals surface area contributed by atoms with Gasteiger partial charge in [-0.2, -0.15) is 0 Å². The van der Waals surface area contributed by atoms with Crippen molar-refractivity contribution >= 4 is 10.9 Å². The molecular formula is C20H21F2N3O. The maximum Gasteiger partial charge on any atom is 0.241 e. The molecule has 4 nitrogen and oxygen atoms in total. The van der Waals surface area contributed by atoms with Crippen molar-refractivity contribution in [2.24, 2.45) is 5.41 Å². The lowest BCUT2D eigenvalue weighted by molar-refractivity contribution is 0.120. The highest BCUT2D eigenvalue weighted by atomic mass is 19.1. The Morgan fingerprint density at radius 2 is 1.92 bits per heavy atom. The molecule has 0 atom stereocenters. The van der Waals surface area contributed by atoms with E-state index < -0.39 is 5.82 Å². The minimum absolute atomic E-state index is 0.0483. The van der Waals surface area contributed by atoms with Gasteiger partial charge in [-0.1, -0.05) is 19.1 Å². The minimum atomic E-state index is -0.391. The first-order valence-corrected chi connectivity index (χ1v) is 8.82. The number of hydrogen-bond donors (Lipinski definition) is 1. The molecule has 0 saturated carbocycles. The fourth-order valence-electron chi connectivity index (χ4n) is 3.39. The lowest BCUT2D eigenvalue weighted by Crippen LogP contribution is -2.38. The van der Waals surface area contributed by atoms with E-state index in [0.29, 0.717) is 29.1 Å². The van der Waals surface area contributed by atoms with Crippen molar-refractivity contribution < 1.29 is 13.5 Å². The SMILES string of the molecule is CC1(COc2nn(-c3ccccc3F)c3ccc(F)cc23)CCNCC1. The molecule has 0 bridgehead atoms. The summed E-state index contributed by atoms with van der Waals surface area (Å²) < 4.78 is 35.5. The Morgan fingerprint density at radius 1 is 1.15 bits per heavy atom. The van der Waals surface area contributed by atoms with Gasteiger partial charge in [-0.3, -0.25) is 0 Å². The van der Waals surface area contributed by atoms with Gasteiger partial charge in [0.25, 0.3) is 0 Å². The third-order valence-electron chi connectivity index (χ3n) is 5.06. The van der Waals surface area contributed by atoms with Gasteiger partial charge in [0.2, 0.25) is 5.88 Å². The zero-order valence-electron chi connectivity index (χ0n) is 14.6. The van der Waals surface area contributed by atoms with Crippen LogP contribution < -0.4 is 10.1 Å². The molecule has 26 heavy (non-hydrogen) atoms. The summed E-state index contributed by atoms with van der Waals surface area (Å²) in [5, 5.41) is 8.34. The van der Waals surface area contributed by atoms with Gasteiger partial charge in [0.05, 0.1) is 17.5 Å². The first-order valence-electron chi connectivity index (χ1n) is 8.82. The molecule has 0 amide bonds. The standard InChI is InChI=1S/C20H21F2N3O/c1-20(8-10-23-11-9-20)13-26-19-15-12-14(21)6-7-17(15)25(24-19)18-5-3-2-4-16(18)22/h2-7,12,23H,8-11,13H2,1H3. The maximum absolute atomic E-state index is 14.2. The van der Waals surface area contributed by atoms with E-state index in [4.69, 9.17) is 4.74 Å². The summed E-state index contributed by atoms with van der Waals surface area (Å²) in [7, 11) is 0. The zero-order chi connectivity index (χ0) is 18.1. The number of para-hydroxylation sites is 1. The summed E-state index contributed by atoms with van der Waals surface area (Å²) in [6.45, 7) is 4.59. The van der Waals surface area contributed by atoms with Crippen LogP contribution in [0.4, 0.5) is 8.78 Å². The Labute approximate surface area is 150 Å². The fourth-order valence-corrected chi connectivity index (χ4v) is 3.39. The Morgan fingerprint density at radius 3 is 2.69 bits per heavy atom. The van der Waals surface area contributed by atoms with Crippen LogP contribution in [0.1, 0.15) is 19.8 Å². The van der Waals surface area contributed by atoms with Crippen LogP contribution in [0.3, 0.4) is 0 Å². The van der Waals surface area contributed by atoms with Gasteiger partial charge in [0.1, 0.15) is 17.3 Å². The van der Waals surface area contributed by atoms with Gasteiger partial charge < -0.3 is 10.1 Å². The van der Waals surface area contributed by atoms with E-state index in [1.165, 1.54) is 22.9 Å². The zero-order valence-corrected chi connectivity index (χ0v) is 14.6. The second kappa shape index (κ2) is 6.68. The summed E-state index contributed by atoms with van der Waals surface area (Å²) in [4.78, 5) is 0. The van der Waals surface area contributed by atoms with Crippen LogP contribution in [0.15, 0.2) is 42.5 Å². The number of halogens is 2. The normalized spacial score (nSPS) is 16.7. The molecule has 0 aliphatic carbocycles. The van der Waals surface area contributed by atoms with E-state index >= 15 is 0 Å². The molecule has 1 saturated heterocycles. The van der Waals surface area contributed by atoms with Gasteiger partial charge >= 0.3 is 0 Å². The first-order chi connectivity index (χ1) is 12.6. The largest absolute Gasteiger partial charge is 0.476 e. The highest BCUT2D eigenvalue weighted by molar-refractivity contribution is 5.86. The molecule has 1 aliphatic heterocycles. The van der Waals surface area contributed by atoms with E-state index in [1.807, 2.05) is 0 Å². The molecule has 136 valence electrons. The van der Waals surface area contributed by atoms with E-state index in [0.717, 1.165) is 25.9 Å². The number of rotatable bonds is 4. The monoisotopic (exact) mass is 357 g/mol. The number of benzene rings is 2. The second-order valence-electron chi connectivity index (χ2n) is 7.18. The van der Waals surface area contributed by atoms with Crippen molar-refractivity contribution in [2.45, 2.75) is 19.8 Å². The van der Waals surface area contributed by atoms with Crippen molar-refractivity contribution in [3.63, 3.8) is 0 Å². The van der Waals surface area contributed by atoms with Crippen LogP contribution in [0.2, 0.25) is 0 Å². The van der Waals surface area contributed by atoms with E-state index in [-0.39, 0.29) is 11.2 Å². The molecule has 0 spiro atoms. The van der Waals surface area contributed by atoms with Crippen LogP contribution >= 0.6 is 0 Å². The van der Waals surface area contributed by atoms with E-state index in [9.17, 15) is 8.78 Å². The smallest absolute Gasteiger partial charge is 0.241 e. The van der Waals surface area contributed by atoms with Crippen molar-refractivity contribution in [2.75, 3.05) is 19.7 Å². The summed E-state index contributed by atoms with van der Waals surface area (Å²) in [6, 6.07) is 10.7. The van der Waals surface area contributed by atoms with E-state index in [2.05, 4.69) is 17.3 Å². The molecule has 0 unspecified atom stereocenters. The van der Waals surface area contributed by atoms with Crippen molar-refractivity contribution in [3.8, 4) is 11.6 Å². The van der Waals surface area contributed by atoms with Gasteiger partial charge in [0, 0.05) is 5.41 Å². The molecule has 6 heteroatoms. The molecular weight excluding hydrogens is 336 g/mol. The number of nitrogens with one attached hydrogen (secondary N) is 1. The Kier molecular flexibility index (Phi) is 4.36. The number of ether oxygens (including phenoxy) is 1. The highest BCUT2D eigenvalue weighted by Crippen LogP contribution is 2.33. The molecule has 1 N–H and O–H groups in total. The van der Waals surface area contributed by atoms with Gasteiger partial charge in [-0.15, -0.1) is 5.10 Å². The van der Waals surface area contributed by atoms with Crippen LogP contribution in [0.5, 0.6) is 5.88 Å². The number of fused-ring (bicyclic) bond motifs is 1. The van der Waals surface area contributed by atoms with Crippen LogP contribution in [-0.4, -0.2) is 29.5 Å². The summed E-state index contributed by atoms with van der Waals surface area (Å²) in [6.07, 6.45) is 2.01. The van der Waals surface area contributed by atoms with Crippen molar-refractivity contribution in [3.05, 3.63) is 54.1 Å². The predicted octanol–water partition coefficient (Wildman–Crippen LogP) is 4.07. The molecule has 4 rings (SSSR count). The first kappa shape index (κ1) is 17.0. The van der Waals surface area contributed by atoms with Crippen LogP contribution in [0.25, 0.3) is 16.6 Å². The molecule has 2 aromatic carbocycles. The minimum Gasteiger partial charge on any atom is -0.476 e. The average molecular weight is 357 g/mol. The lowest BCUT2D eigenvalue weighted by atomic mass is 9.82. The topological polar surface area (TPSA) is 39.1 Å². The van der Waals surface area contributed by atoms with Gasteiger partial charge in [-0.25, -0.2) is 13.5 Å². The molecule has 1 aliphatic rings. The number of aromatic nitrogens is 2. The summed E-state index contributed by atoms with van der Waals surface area (Å²) >= 11 is 0. The lowest BCUT2D eigenvalue weighted by Gasteiger charge is -2.33. The Balaban J connectivity index is 1.73. The highest BCUT2D eigenvalue weighted by Gasteiger charge is 2.28. The molecule has 3 aromatic rings. The molecule has 0 radical (unpaired) electrons. The number of nitrogens with zero attached hydrogens (tertiary/aromatic N) is 2. The van der Waals surface area contributed by atoms with E-state index in [1.54, 1.807) is 24.3 Å². The van der Waals surface area contributed by atoms with Crippen molar-refractivity contribution in [1.82, 2.24) is 15.1 Å².